The van der Waals surface area contributed by atoms with Crippen molar-refractivity contribution in [2.24, 2.45) is 33.8 Å². The number of phenols is 1. The molecule has 0 spiro atoms. The monoisotopic (exact) mass is 985 g/mol. The summed E-state index contributed by atoms with van der Waals surface area (Å²) >= 11 is 1.38. The van der Waals surface area contributed by atoms with E-state index in [-0.39, 0.29) is 56.8 Å². The van der Waals surface area contributed by atoms with Gasteiger partial charge in [-0.2, -0.15) is 11.8 Å². The molecule has 0 aliphatic rings. The van der Waals surface area contributed by atoms with Gasteiger partial charge < -0.3 is 70.4 Å². The zero-order chi connectivity index (χ0) is 51.5. The molecule has 0 aliphatic heterocycles. The van der Waals surface area contributed by atoms with Crippen molar-refractivity contribution in [3.63, 3.8) is 0 Å². The molecule has 2 aromatic rings. The Morgan fingerprint density at radius 3 is 1.81 bits per heavy atom. The van der Waals surface area contributed by atoms with Crippen LogP contribution in [-0.4, -0.2) is 137 Å². The van der Waals surface area contributed by atoms with Gasteiger partial charge in [-0.1, -0.05) is 62.7 Å². The molecule has 8 atom stereocenters. The first-order valence-electron chi connectivity index (χ1n) is 22.9. The molecule has 17 N–H and O–H groups in total. The van der Waals surface area contributed by atoms with E-state index in [0.29, 0.717) is 37.1 Å². The summed E-state index contributed by atoms with van der Waals surface area (Å²) in [6.07, 6.45) is 3.88. The van der Waals surface area contributed by atoms with E-state index < -0.39 is 102 Å². The number of hydrogen-bond donors (Lipinski definition) is 13. The predicted molar refractivity (Wildman–Crippen MR) is 263 cm³/mol. The van der Waals surface area contributed by atoms with Gasteiger partial charge in [0.15, 0.2) is 5.96 Å². The smallest absolute Gasteiger partial charge is 0.326 e. The van der Waals surface area contributed by atoms with Crippen LogP contribution in [0, 0.1) is 5.92 Å². The molecule has 0 fully saturated rings. The largest absolute Gasteiger partial charge is 0.508 e. The molecule has 2 aromatic carbocycles. The number of aliphatic imine (C=N–C) groups is 1. The van der Waals surface area contributed by atoms with E-state index in [1.807, 2.05) is 30.3 Å². The standard InChI is InChI=1S/C46H72N12O10S/c1-5-27(2)38(45(67)68)58-37(60)26-52-41(63)33(15-11-22-51-46(49)50)55-43(65)35(20-23-69-4)56-44(66)36(25-30-16-18-31(59)19-17-30)57-39(61)28(3)53-42(64)34(14-9-10-21-47)54-40(62)32(48)24-29-12-7-6-8-13-29/h6-8,12-13,16-19,27-28,32-36,38,59H,5,9-11,14-15,20-26,47-48H2,1-4H3,(H,52,63)(H,53,64)(H,54,62)(H,55,65)(H,56,66)(H,57,61)(H,58,60)(H,67,68)(H4,49,50,51)/t27-,28-,32-,33-,34-,35-,36-,38-/m0/s1. The van der Waals surface area contributed by atoms with E-state index >= 15 is 0 Å². The maximum Gasteiger partial charge on any atom is 0.326 e. The van der Waals surface area contributed by atoms with E-state index in [4.69, 9.17) is 22.9 Å². The number of aromatic hydroxyl groups is 1. The Kier molecular flexibility index (Phi) is 26.8. The Morgan fingerprint density at radius 2 is 1.22 bits per heavy atom. The molecule has 0 aromatic heterocycles. The highest BCUT2D eigenvalue weighted by atomic mass is 32.2. The number of phenolic OH excluding ortho intramolecular Hbond substituents is 1. The number of benzene rings is 2. The van der Waals surface area contributed by atoms with Crippen LogP contribution in [0.2, 0.25) is 0 Å². The number of hydrogen-bond acceptors (Lipinski definition) is 13. The molecule has 0 radical (unpaired) electrons. The van der Waals surface area contributed by atoms with Crippen LogP contribution in [0.5, 0.6) is 5.75 Å². The molecule has 7 amide bonds. The van der Waals surface area contributed by atoms with Gasteiger partial charge in [-0.15, -0.1) is 0 Å². The van der Waals surface area contributed by atoms with Crippen LogP contribution < -0.4 is 60.2 Å². The first kappa shape index (κ1) is 58.7. The lowest BCUT2D eigenvalue weighted by molar-refractivity contribution is -0.143. The van der Waals surface area contributed by atoms with Gasteiger partial charge in [0.05, 0.1) is 12.6 Å². The van der Waals surface area contributed by atoms with Gasteiger partial charge in [-0.25, -0.2) is 4.79 Å². The Hall–Kier alpha value is -6.46. The molecule has 23 heteroatoms. The third-order valence-corrected chi connectivity index (χ3v) is 11.7. The topological polar surface area (TPSA) is 378 Å². The van der Waals surface area contributed by atoms with Gasteiger partial charge in [0.25, 0.3) is 0 Å². The number of nitrogens with two attached hydrogens (primary N) is 4. The zero-order valence-electron chi connectivity index (χ0n) is 39.8. The first-order chi connectivity index (χ1) is 32.8. The summed E-state index contributed by atoms with van der Waals surface area (Å²) in [5, 5.41) is 37.7. The van der Waals surface area contributed by atoms with Gasteiger partial charge in [0.2, 0.25) is 41.4 Å². The van der Waals surface area contributed by atoms with Crippen LogP contribution >= 0.6 is 11.8 Å². The highest BCUT2D eigenvalue weighted by Gasteiger charge is 2.33. The minimum Gasteiger partial charge on any atom is -0.508 e. The zero-order valence-corrected chi connectivity index (χ0v) is 40.6. The van der Waals surface area contributed by atoms with E-state index in [2.05, 4.69) is 42.2 Å². The summed E-state index contributed by atoms with van der Waals surface area (Å²) in [7, 11) is 0. The highest BCUT2D eigenvalue weighted by Crippen LogP contribution is 2.14. The second-order valence-corrected chi connectivity index (χ2v) is 17.6. The predicted octanol–water partition coefficient (Wildman–Crippen LogP) is -1.38. The van der Waals surface area contributed by atoms with Crippen molar-refractivity contribution in [3.05, 3.63) is 65.7 Å². The minimum atomic E-state index is -1.34. The molecule has 0 heterocycles. The number of amides is 7. The summed E-state index contributed by atoms with van der Waals surface area (Å²) in [5.74, 6) is -6.63. The summed E-state index contributed by atoms with van der Waals surface area (Å²) in [4.78, 5) is 111. The Bertz CT molecular complexity index is 2010. The van der Waals surface area contributed by atoms with Crippen LogP contribution in [0.1, 0.15) is 76.8 Å². The van der Waals surface area contributed by atoms with Crippen molar-refractivity contribution in [2.75, 3.05) is 31.6 Å². The van der Waals surface area contributed by atoms with Crippen molar-refractivity contribution in [3.8, 4) is 5.75 Å². The number of unbranched alkanes of at least 4 members (excludes halogenated alkanes) is 1. The van der Waals surface area contributed by atoms with Gasteiger partial charge in [0.1, 0.15) is 42.0 Å². The Balaban J connectivity index is 2.31. The number of carboxylic acid groups (broad SMARTS) is 1. The number of aliphatic carboxylic acids is 1. The van der Waals surface area contributed by atoms with Crippen LogP contribution in [0.25, 0.3) is 0 Å². The fourth-order valence-electron chi connectivity index (χ4n) is 6.77. The van der Waals surface area contributed by atoms with Gasteiger partial charge in [0, 0.05) is 13.0 Å². The molecule has 0 bridgehead atoms. The number of rotatable bonds is 32. The number of nitrogens with one attached hydrogen (secondary N) is 7. The molecule has 0 saturated carbocycles. The maximum absolute atomic E-state index is 14.2. The minimum absolute atomic E-state index is 0.00895. The van der Waals surface area contributed by atoms with Gasteiger partial charge in [-0.3, -0.25) is 38.6 Å². The highest BCUT2D eigenvalue weighted by molar-refractivity contribution is 7.98. The number of carboxylic acids is 1. The lowest BCUT2D eigenvalue weighted by atomic mass is 9.99. The SMILES string of the molecule is CC[C@H](C)[C@H](NC(=O)CNC(=O)[C@H](CCCN=C(N)N)NC(=O)[C@H](CCSC)NC(=O)[C@H](Cc1ccc(O)cc1)NC(=O)[C@H](C)NC(=O)[C@H](CCCCN)NC(=O)[C@@H](N)Cc1ccccc1)C(=O)O. The summed E-state index contributed by atoms with van der Waals surface area (Å²) in [6, 6.07) is 6.67. The van der Waals surface area contributed by atoms with Crippen molar-refractivity contribution in [2.45, 2.75) is 121 Å². The van der Waals surface area contributed by atoms with E-state index in [1.54, 1.807) is 32.2 Å². The van der Waals surface area contributed by atoms with Crippen LogP contribution in [0.3, 0.4) is 0 Å². The third kappa shape index (κ3) is 22.5. The maximum atomic E-state index is 14.2. The number of carbonyl (C=O) groups is 8. The van der Waals surface area contributed by atoms with Crippen LogP contribution in [-0.2, 0) is 51.2 Å². The summed E-state index contributed by atoms with van der Waals surface area (Å²) in [5.41, 5.74) is 24.1. The van der Waals surface area contributed by atoms with Crippen molar-refractivity contribution in [1.29, 1.82) is 0 Å². The molecule has 382 valence electrons. The number of carbonyl (C=O) groups excluding carboxylic acids is 7. The Morgan fingerprint density at radius 1 is 0.667 bits per heavy atom. The summed E-state index contributed by atoms with van der Waals surface area (Å²) in [6.45, 7) is 4.67. The molecule has 69 heavy (non-hydrogen) atoms. The Labute approximate surface area is 407 Å². The van der Waals surface area contributed by atoms with Gasteiger partial charge >= 0.3 is 5.97 Å². The molecule has 0 saturated heterocycles. The number of guanidine groups is 1. The molecule has 2 rings (SSSR count). The van der Waals surface area contributed by atoms with Crippen LogP contribution in [0.15, 0.2) is 59.6 Å². The average Bonchev–Trinajstić information content (AvgIpc) is 3.31. The van der Waals surface area contributed by atoms with Crippen molar-refractivity contribution in [1.82, 2.24) is 37.2 Å². The number of thioether (sulfide) groups is 1. The molecule has 0 aliphatic carbocycles. The average molecular weight is 985 g/mol. The summed E-state index contributed by atoms with van der Waals surface area (Å²) < 4.78 is 0. The second kappa shape index (κ2) is 31.6. The number of nitrogens with zero attached hydrogens (tertiary/aromatic N) is 1. The molecule has 22 nitrogen and oxygen atoms in total. The lowest BCUT2D eigenvalue weighted by Crippen LogP contribution is -2.59. The van der Waals surface area contributed by atoms with E-state index in [1.165, 1.54) is 30.8 Å². The normalized spacial score (nSPS) is 14.4. The van der Waals surface area contributed by atoms with E-state index in [0.717, 1.165) is 5.56 Å². The molecule has 0 unspecified atom stereocenters. The fraction of sp³-hybridized carbons (Fsp3) is 0.543. The van der Waals surface area contributed by atoms with E-state index in [9.17, 15) is 48.6 Å². The van der Waals surface area contributed by atoms with Crippen molar-refractivity contribution >= 4 is 65.0 Å². The fourth-order valence-corrected chi connectivity index (χ4v) is 7.25. The molecular formula is C46H72N12O10S. The van der Waals surface area contributed by atoms with Crippen LogP contribution in [0.4, 0.5) is 0 Å². The third-order valence-electron chi connectivity index (χ3n) is 11.0. The molecular weight excluding hydrogens is 913 g/mol. The first-order valence-corrected chi connectivity index (χ1v) is 24.3. The second-order valence-electron chi connectivity index (χ2n) is 16.6. The van der Waals surface area contributed by atoms with Crippen molar-refractivity contribution < 1.29 is 48.6 Å². The van der Waals surface area contributed by atoms with Gasteiger partial charge in [-0.05, 0) is 99.6 Å². The quantitative estimate of drug-likeness (QED) is 0.0228. The lowest BCUT2D eigenvalue weighted by Gasteiger charge is -2.27.